The molecule has 0 bridgehead atoms. The van der Waals surface area contributed by atoms with Crippen molar-refractivity contribution in [2.24, 2.45) is 0 Å². The minimum absolute atomic E-state index is 0.0474. The number of alkyl halides is 3. The number of carbonyl (C=O) groups is 3. The number of anilines is 2. The summed E-state index contributed by atoms with van der Waals surface area (Å²) in [6.45, 7) is -0.224. The summed E-state index contributed by atoms with van der Waals surface area (Å²) in [4.78, 5) is 43.9. The summed E-state index contributed by atoms with van der Waals surface area (Å²) in [7, 11) is 0. The fraction of sp³-hybridized carbons (Fsp3) is 0.0833. The van der Waals surface area contributed by atoms with Gasteiger partial charge in [0.25, 0.3) is 11.8 Å². The number of halogens is 4. The van der Waals surface area contributed by atoms with Crippen LogP contribution in [-0.2, 0) is 6.18 Å². The number of rotatable bonds is 4. The van der Waals surface area contributed by atoms with Crippen LogP contribution in [0, 0.1) is 5.82 Å². The highest BCUT2D eigenvalue weighted by Crippen LogP contribution is 2.33. The molecule has 4 amide bonds. The molecule has 11 heteroatoms. The van der Waals surface area contributed by atoms with Crippen molar-refractivity contribution in [3.63, 3.8) is 0 Å². The van der Waals surface area contributed by atoms with Crippen molar-refractivity contribution >= 4 is 29.4 Å². The number of benzene rings is 2. The quantitative estimate of drug-likeness (QED) is 0.523. The van der Waals surface area contributed by atoms with Gasteiger partial charge in [0.15, 0.2) is 0 Å². The van der Waals surface area contributed by atoms with Crippen LogP contribution in [-0.4, -0.2) is 34.3 Å². The molecular formula is C24H16F4N4O3. The van der Waals surface area contributed by atoms with Crippen LogP contribution in [0.5, 0.6) is 0 Å². The molecular weight excluding hydrogens is 468 g/mol. The first-order valence-electron chi connectivity index (χ1n) is 10.2. The summed E-state index contributed by atoms with van der Waals surface area (Å²) in [6, 6.07) is 11.2. The predicted molar refractivity (Wildman–Crippen MR) is 118 cm³/mol. The van der Waals surface area contributed by atoms with Gasteiger partial charge in [-0.25, -0.2) is 14.2 Å². The molecule has 35 heavy (non-hydrogen) atoms. The molecule has 1 N–H and O–H groups in total. The number of urea groups is 1. The Morgan fingerprint density at radius 3 is 2.34 bits per heavy atom. The van der Waals surface area contributed by atoms with Crippen molar-refractivity contribution in [3.8, 4) is 0 Å². The average molecular weight is 484 g/mol. The maximum Gasteiger partial charge on any atom is 0.417 e. The fourth-order valence-corrected chi connectivity index (χ4v) is 3.34. The van der Waals surface area contributed by atoms with Crippen molar-refractivity contribution in [2.45, 2.75) is 6.18 Å². The molecule has 7 nitrogen and oxygen atoms in total. The Morgan fingerprint density at radius 1 is 0.971 bits per heavy atom. The number of pyridine rings is 1. The van der Waals surface area contributed by atoms with E-state index in [1.54, 1.807) is 0 Å². The highest BCUT2D eigenvalue weighted by atomic mass is 19.4. The van der Waals surface area contributed by atoms with Crippen LogP contribution < -0.4 is 10.2 Å². The van der Waals surface area contributed by atoms with E-state index in [9.17, 15) is 31.9 Å². The lowest BCUT2D eigenvalue weighted by atomic mass is 10.1. The summed E-state index contributed by atoms with van der Waals surface area (Å²) in [5.74, 6) is -2.04. The second-order valence-corrected chi connectivity index (χ2v) is 7.36. The van der Waals surface area contributed by atoms with E-state index in [0.29, 0.717) is 10.6 Å². The Balaban J connectivity index is 1.51. The normalized spacial score (nSPS) is 13.7. The SMILES string of the molecule is O=C(Nc1ccc(F)cc1)c1ccc(N2C=CCN(C(=O)c3ccccc3C(F)(F)F)C2=O)nc1. The molecule has 0 radical (unpaired) electrons. The van der Waals surface area contributed by atoms with Gasteiger partial charge < -0.3 is 5.32 Å². The molecule has 3 aromatic rings. The zero-order chi connectivity index (χ0) is 25.2. The average Bonchev–Trinajstić information content (AvgIpc) is 2.85. The molecule has 0 aliphatic carbocycles. The first-order valence-corrected chi connectivity index (χ1v) is 10.2. The van der Waals surface area contributed by atoms with Gasteiger partial charge in [-0.3, -0.25) is 19.4 Å². The molecule has 0 fully saturated rings. The van der Waals surface area contributed by atoms with Crippen molar-refractivity contribution in [2.75, 3.05) is 16.8 Å². The van der Waals surface area contributed by atoms with E-state index >= 15 is 0 Å². The lowest BCUT2D eigenvalue weighted by molar-refractivity contribution is -0.138. The monoisotopic (exact) mass is 484 g/mol. The summed E-state index contributed by atoms with van der Waals surface area (Å²) >= 11 is 0. The minimum atomic E-state index is -4.77. The van der Waals surface area contributed by atoms with Gasteiger partial charge in [0, 0.05) is 18.1 Å². The third-order valence-corrected chi connectivity index (χ3v) is 5.05. The lowest BCUT2D eigenvalue weighted by Gasteiger charge is -2.30. The second kappa shape index (κ2) is 9.37. The number of aromatic nitrogens is 1. The molecule has 1 aliphatic heterocycles. The van der Waals surface area contributed by atoms with Crippen LogP contribution in [0.1, 0.15) is 26.3 Å². The molecule has 0 saturated heterocycles. The highest BCUT2D eigenvalue weighted by Gasteiger charge is 2.38. The molecule has 0 atom stereocenters. The van der Waals surface area contributed by atoms with Gasteiger partial charge in [0.2, 0.25) is 0 Å². The van der Waals surface area contributed by atoms with Crippen LogP contribution in [0.3, 0.4) is 0 Å². The third-order valence-electron chi connectivity index (χ3n) is 5.05. The first kappa shape index (κ1) is 23.6. The zero-order valence-corrected chi connectivity index (χ0v) is 17.8. The number of hydrogen-bond acceptors (Lipinski definition) is 4. The number of hydrogen-bond donors (Lipinski definition) is 1. The van der Waals surface area contributed by atoms with Gasteiger partial charge in [-0.05, 0) is 54.6 Å². The molecule has 0 spiro atoms. The van der Waals surface area contributed by atoms with Crippen LogP contribution in [0.15, 0.2) is 79.1 Å². The van der Waals surface area contributed by atoms with E-state index in [1.165, 1.54) is 60.9 Å². The zero-order valence-electron chi connectivity index (χ0n) is 17.8. The third kappa shape index (κ3) is 5.03. The predicted octanol–water partition coefficient (Wildman–Crippen LogP) is 5.09. The highest BCUT2D eigenvalue weighted by molar-refractivity contribution is 6.10. The van der Waals surface area contributed by atoms with Crippen molar-refractivity contribution in [1.82, 2.24) is 9.88 Å². The summed E-state index contributed by atoms with van der Waals surface area (Å²) in [5, 5.41) is 2.57. The van der Waals surface area contributed by atoms with E-state index in [2.05, 4.69) is 10.3 Å². The van der Waals surface area contributed by atoms with E-state index < -0.39 is 41.0 Å². The van der Waals surface area contributed by atoms with Gasteiger partial charge in [-0.2, -0.15) is 13.2 Å². The second-order valence-electron chi connectivity index (χ2n) is 7.36. The fourth-order valence-electron chi connectivity index (χ4n) is 3.34. The Bertz CT molecular complexity index is 1310. The van der Waals surface area contributed by atoms with Crippen LogP contribution in [0.25, 0.3) is 0 Å². The van der Waals surface area contributed by atoms with E-state index in [4.69, 9.17) is 0 Å². The maximum absolute atomic E-state index is 13.3. The van der Waals surface area contributed by atoms with E-state index in [0.717, 1.165) is 23.1 Å². The van der Waals surface area contributed by atoms with E-state index in [1.807, 2.05) is 0 Å². The summed E-state index contributed by atoms with van der Waals surface area (Å²) in [6.07, 6.45) is -0.823. The standard InChI is InChI=1S/C24H16F4N4O3/c25-16-7-9-17(10-8-16)30-21(33)15-6-11-20(29-14-15)31-12-3-13-32(23(31)35)22(34)18-4-1-2-5-19(18)24(26,27)28/h1-12,14H,13H2,(H,30,33). The Labute approximate surface area is 196 Å². The lowest BCUT2D eigenvalue weighted by Crippen LogP contribution is -2.47. The molecule has 178 valence electrons. The van der Waals surface area contributed by atoms with Crippen LogP contribution in [0.4, 0.5) is 33.9 Å². The van der Waals surface area contributed by atoms with Crippen molar-refractivity contribution in [1.29, 1.82) is 0 Å². The van der Waals surface area contributed by atoms with Gasteiger partial charge in [0.1, 0.15) is 11.6 Å². The van der Waals surface area contributed by atoms with Gasteiger partial charge >= 0.3 is 12.2 Å². The number of nitrogens with one attached hydrogen (secondary N) is 1. The number of carbonyl (C=O) groups excluding carboxylic acids is 3. The summed E-state index contributed by atoms with van der Waals surface area (Å²) < 4.78 is 53.0. The Hall–Kier alpha value is -4.54. The largest absolute Gasteiger partial charge is 0.417 e. The van der Waals surface area contributed by atoms with Gasteiger partial charge in [-0.15, -0.1) is 0 Å². The van der Waals surface area contributed by atoms with Crippen LogP contribution >= 0.6 is 0 Å². The molecule has 1 aliphatic rings. The molecule has 2 aromatic carbocycles. The smallest absolute Gasteiger partial charge is 0.322 e. The molecule has 1 aromatic heterocycles. The Morgan fingerprint density at radius 2 is 1.69 bits per heavy atom. The number of nitrogens with zero attached hydrogens (tertiary/aromatic N) is 3. The van der Waals surface area contributed by atoms with Crippen molar-refractivity contribution < 1.29 is 31.9 Å². The Kier molecular flexibility index (Phi) is 6.32. The topological polar surface area (TPSA) is 82.6 Å². The van der Waals surface area contributed by atoms with E-state index in [-0.39, 0.29) is 17.9 Å². The summed E-state index contributed by atoms with van der Waals surface area (Å²) in [5.41, 5.74) is -1.29. The van der Waals surface area contributed by atoms with Gasteiger partial charge in [0.05, 0.1) is 23.2 Å². The minimum Gasteiger partial charge on any atom is -0.322 e. The molecule has 2 heterocycles. The number of imide groups is 1. The first-order chi connectivity index (χ1) is 16.6. The maximum atomic E-state index is 13.3. The molecule has 4 rings (SSSR count). The van der Waals surface area contributed by atoms with Crippen LogP contribution in [0.2, 0.25) is 0 Å². The number of amides is 4. The van der Waals surface area contributed by atoms with Crippen molar-refractivity contribution in [3.05, 3.63) is 102 Å². The van der Waals surface area contributed by atoms with Gasteiger partial charge in [-0.1, -0.05) is 12.1 Å². The molecule has 0 unspecified atom stereocenters. The molecule has 0 saturated carbocycles.